The fourth-order valence-corrected chi connectivity index (χ4v) is 0.579. The van der Waals surface area contributed by atoms with E-state index in [9.17, 15) is 0 Å². The Morgan fingerprint density at radius 1 is 1.70 bits per heavy atom. The Kier molecular flexibility index (Phi) is 1.90. The molecule has 50 valence electrons. The van der Waals surface area contributed by atoms with Gasteiger partial charge in [-0.1, -0.05) is 0 Å². The predicted molar refractivity (Wildman–Crippen MR) is 33.9 cm³/mol. The van der Waals surface area contributed by atoms with E-state index in [0.29, 0.717) is 5.82 Å². The fraction of sp³-hybridized carbons (Fsp3) is 0.333. The lowest BCUT2D eigenvalue weighted by Gasteiger charge is -1.90. The largest absolute Gasteiger partial charge is 0.234 e. The third-order valence-electron chi connectivity index (χ3n) is 0.960. The quantitative estimate of drug-likeness (QED) is 0.552. The van der Waals surface area contributed by atoms with Gasteiger partial charge in [0.05, 0.1) is 24.4 Å². The summed E-state index contributed by atoms with van der Waals surface area (Å²) in [4.78, 5) is 3.97. The Hall–Kier alpha value is -1.50. The minimum Gasteiger partial charge on any atom is -0.234 e. The van der Waals surface area contributed by atoms with E-state index in [-0.39, 0.29) is 6.42 Å². The van der Waals surface area contributed by atoms with Gasteiger partial charge in [0.25, 0.3) is 0 Å². The van der Waals surface area contributed by atoms with E-state index in [4.69, 9.17) is 5.26 Å². The molecule has 10 heavy (non-hydrogen) atoms. The highest BCUT2D eigenvalue weighted by Crippen LogP contribution is 1.89. The van der Waals surface area contributed by atoms with E-state index >= 15 is 0 Å². The van der Waals surface area contributed by atoms with Crippen LogP contribution in [0.2, 0.25) is 0 Å². The molecule has 0 fully saturated rings. The normalized spacial score (nSPS) is 8.80. The van der Waals surface area contributed by atoms with Gasteiger partial charge in [-0.3, -0.25) is 0 Å². The molecule has 4 heteroatoms. The van der Waals surface area contributed by atoms with Crippen LogP contribution in [0.3, 0.4) is 0 Å². The third-order valence-corrected chi connectivity index (χ3v) is 0.960. The van der Waals surface area contributed by atoms with Gasteiger partial charge in [-0.2, -0.15) is 10.4 Å². The van der Waals surface area contributed by atoms with E-state index in [1.165, 1.54) is 0 Å². The summed E-state index contributed by atoms with van der Waals surface area (Å²) in [5, 5.41) is 15.5. The molecular formula is C6H6N4. The molecule has 0 radical (unpaired) electrons. The summed E-state index contributed by atoms with van der Waals surface area (Å²) in [5.41, 5.74) is 0.792. The van der Waals surface area contributed by atoms with Gasteiger partial charge >= 0.3 is 0 Å². The van der Waals surface area contributed by atoms with Gasteiger partial charge in [-0.25, -0.2) is 4.98 Å². The van der Waals surface area contributed by atoms with Crippen LogP contribution in [0, 0.1) is 18.3 Å². The van der Waals surface area contributed by atoms with Crippen LogP contribution in [0.4, 0.5) is 0 Å². The molecule has 0 saturated heterocycles. The number of nitriles is 1. The summed E-state index contributed by atoms with van der Waals surface area (Å²) in [5.74, 6) is 0.488. The summed E-state index contributed by atoms with van der Waals surface area (Å²) in [6.07, 6.45) is 1.79. The topological polar surface area (TPSA) is 62.5 Å². The molecule has 4 nitrogen and oxygen atoms in total. The highest BCUT2D eigenvalue weighted by Gasteiger charge is 1.93. The van der Waals surface area contributed by atoms with E-state index < -0.39 is 0 Å². The summed E-state index contributed by atoms with van der Waals surface area (Å²) in [6.45, 7) is 1.82. The van der Waals surface area contributed by atoms with Crippen molar-refractivity contribution in [1.82, 2.24) is 15.2 Å². The first-order chi connectivity index (χ1) is 4.83. The number of aryl methyl sites for hydroxylation is 1. The maximum Gasteiger partial charge on any atom is 0.165 e. The fourth-order valence-electron chi connectivity index (χ4n) is 0.579. The second-order valence-corrected chi connectivity index (χ2v) is 1.85. The SMILES string of the molecule is Cc1cnnc(CC#N)n1. The van der Waals surface area contributed by atoms with Crippen molar-refractivity contribution in [3.8, 4) is 6.07 Å². The molecule has 0 bridgehead atoms. The van der Waals surface area contributed by atoms with Crippen LogP contribution < -0.4 is 0 Å². The van der Waals surface area contributed by atoms with Gasteiger partial charge in [0.1, 0.15) is 0 Å². The zero-order valence-electron chi connectivity index (χ0n) is 5.57. The second-order valence-electron chi connectivity index (χ2n) is 1.85. The molecule has 0 amide bonds. The van der Waals surface area contributed by atoms with Crippen molar-refractivity contribution >= 4 is 0 Å². The Labute approximate surface area is 58.5 Å². The van der Waals surface area contributed by atoms with E-state index in [0.717, 1.165) is 5.69 Å². The van der Waals surface area contributed by atoms with Gasteiger partial charge in [0, 0.05) is 0 Å². The van der Waals surface area contributed by atoms with Gasteiger partial charge in [-0.05, 0) is 6.92 Å². The summed E-state index contributed by atoms with van der Waals surface area (Å²) in [6, 6.07) is 1.95. The Bertz CT molecular complexity index is 263. The highest BCUT2D eigenvalue weighted by atomic mass is 15.1. The standard InChI is InChI=1S/C6H6N4/c1-5-4-8-10-6(9-5)2-3-7/h4H,2H2,1H3. The minimum absolute atomic E-state index is 0.231. The molecule has 0 aliphatic carbocycles. The van der Waals surface area contributed by atoms with Gasteiger partial charge in [-0.15, -0.1) is 5.10 Å². The first-order valence-electron chi connectivity index (χ1n) is 2.85. The van der Waals surface area contributed by atoms with Crippen LogP contribution in [-0.4, -0.2) is 15.2 Å². The van der Waals surface area contributed by atoms with Gasteiger partial charge < -0.3 is 0 Å². The third kappa shape index (κ3) is 1.49. The summed E-state index contributed by atoms with van der Waals surface area (Å²) in [7, 11) is 0. The average Bonchev–Trinajstić information content (AvgIpc) is 1.88. The number of rotatable bonds is 1. The highest BCUT2D eigenvalue weighted by molar-refractivity contribution is 4.97. The first-order valence-corrected chi connectivity index (χ1v) is 2.85. The molecule has 1 aromatic heterocycles. The Morgan fingerprint density at radius 2 is 2.50 bits per heavy atom. The lowest BCUT2D eigenvalue weighted by atomic mass is 10.4. The van der Waals surface area contributed by atoms with Gasteiger partial charge in [0.2, 0.25) is 0 Å². The second kappa shape index (κ2) is 2.87. The lowest BCUT2D eigenvalue weighted by molar-refractivity contribution is 0.856. The van der Waals surface area contributed by atoms with Crippen molar-refractivity contribution < 1.29 is 0 Å². The molecule has 1 heterocycles. The van der Waals surface area contributed by atoms with Crippen LogP contribution in [0.1, 0.15) is 11.5 Å². The van der Waals surface area contributed by atoms with Crippen molar-refractivity contribution in [3.05, 3.63) is 17.7 Å². The summed E-state index contributed by atoms with van der Waals surface area (Å²) >= 11 is 0. The lowest BCUT2D eigenvalue weighted by Crippen LogP contribution is -1.96. The van der Waals surface area contributed by atoms with Crippen molar-refractivity contribution in [1.29, 1.82) is 5.26 Å². The molecule has 0 N–H and O–H groups in total. The van der Waals surface area contributed by atoms with Crippen LogP contribution in [0.25, 0.3) is 0 Å². The Balaban J connectivity index is 2.87. The van der Waals surface area contributed by atoms with Crippen LogP contribution in [0.15, 0.2) is 6.20 Å². The number of hydrogen-bond acceptors (Lipinski definition) is 4. The Morgan fingerprint density at radius 3 is 3.10 bits per heavy atom. The number of aromatic nitrogens is 3. The molecule has 1 aromatic rings. The van der Waals surface area contributed by atoms with Crippen molar-refractivity contribution in [2.24, 2.45) is 0 Å². The molecule has 0 saturated carbocycles. The average molecular weight is 134 g/mol. The molecule has 0 unspecified atom stereocenters. The smallest absolute Gasteiger partial charge is 0.165 e. The van der Waals surface area contributed by atoms with Crippen LogP contribution in [-0.2, 0) is 6.42 Å². The van der Waals surface area contributed by atoms with Crippen LogP contribution >= 0.6 is 0 Å². The molecule has 0 atom stereocenters. The molecule has 0 spiro atoms. The summed E-state index contributed by atoms with van der Waals surface area (Å²) < 4.78 is 0. The zero-order valence-corrected chi connectivity index (χ0v) is 5.57. The molecule has 0 aliphatic heterocycles. The van der Waals surface area contributed by atoms with Gasteiger partial charge in [0.15, 0.2) is 5.82 Å². The van der Waals surface area contributed by atoms with E-state index in [2.05, 4.69) is 15.2 Å². The van der Waals surface area contributed by atoms with Crippen LogP contribution in [0.5, 0.6) is 0 Å². The molecule has 1 rings (SSSR count). The molecule has 0 aromatic carbocycles. The molecule has 0 aliphatic rings. The van der Waals surface area contributed by atoms with E-state index in [1.807, 2.05) is 13.0 Å². The number of hydrogen-bond donors (Lipinski definition) is 0. The minimum atomic E-state index is 0.231. The molecular weight excluding hydrogens is 128 g/mol. The number of nitrogens with zero attached hydrogens (tertiary/aromatic N) is 4. The van der Waals surface area contributed by atoms with E-state index in [1.54, 1.807) is 6.20 Å². The van der Waals surface area contributed by atoms with Crippen molar-refractivity contribution in [3.63, 3.8) is 0 Å². The monoisotopic (exact) mass is 134 g/mol. The van der Waals surface area contributed by atoms with Crippen molar-refractivity contribution in [2.45, 2.75) is 13.3 Å². The maximum absolute atomic E-state index is 8.25. The van der Waals surface area contributed by atoms with Crippen molar-refractivity contribution in [2.75, 3.05) is 0 Å². The zero-order chi connectivity index (χ0) is 7.40. The first kappa shape index (κ1) is 6.62. The predicted octanol–water partition coefficient (Wildman–Crippen LogP) is 0.246. The maximum atomic E-state index is 8.25.